The van der Waals surface area contributed by atoms with Crippen molar-refractivity contribution in [1.29, 1.82) is 4.78 Å². The SMILES string of the molecule is CN1C(C(F)(F)F)=CS(=N)C1c1ccc(Cl)cc1F.c1ccc2ncccc2c1. The summed E-state index contributed by atoms with van der Waals surface area (Å²) in [6, 6.07) is 15.8. The van der Waals surface area contributed by atoms with Crippen LogP contribution < -0.4 is 0 Å². The van der Waals surface area contributed by atoms with E-state index in [0.29, 0.717) is 0 Å². The van der Waals surface area contributed by atoms with Crippen molar-refractivity contribution in [3.63, 3.8) is 0 Å². The van der Waals surface area contributed by atoms with Gasteiger partial charge in [0.1, 0.15) is 16.9 Å². The Hall–Kier alpha value is -2.45. The van der Waals surface area contributed by atoms with Gasteiger partial charge in [-0.2, -0.15) is 13.2 Å². The van der Waals surface area contributed by atoms with Crippen LogP contribution in [0.1, 0.15) is 10.9 Å². The lowest BCUT2D eigenvalue weighted by Crippen LogP contribution is -2.28. The topological polar surface area (TPSA) is 40.0 Å². The van der Waals surface area contributed by atoms with E-state index < -0.39 is 33.8 Å². The maximum absolute atomic E-state index is 13.8. The normalized spacial score (nSPS) is 19.0. The van der Waals surface area contributed by atoms with E-state index in [1.165, 1.54) is 24.6 Å². The third kappa shape index (κ3) is 4.76. The number of hydrogen-bond donors (Lipinski definition) is 1. The van der Waals surface area contributed by atoms with Crippen molar-refractivity contribution in [2.45, 2.75) is 11.6 Å². The van der Waals surface area contributed by atoms with E-state index in [2.05, 4.69) is 17.1 Å². The van der Waals surface area contributed by atoms with Crippen LogP contribution in [0.5, 0.6) is 0 Å². The molecule has 3 nitrogen and oxygen atoms in total. The molecular formula is C20H16ClF4N3S. The van der Waals surface area contributed by atoms with E-state index in [4.69, 9.17) is 16.4 Å². The number of benzene rings is 2. The molecule has 0 fully saturated rings. The summed E-state index contributed by atoms with van der Waals surface area (Å²) in [5, 5.41) is 1.20. The number of pyridine rings is 1. The van der Waals surface area contributed by atoms with Crippen molar-refractivity contribution in [1.82, 2.24) is 9.88 Å². The molecule has 3 aromatic rings. The predicted molar refractivity (Wildman–Crippen MR) is 108 cm³/mol. The standard InChI is InChI=1S/C11H9ClF4N2S.C9H7N/c1-18-9(11(14,15)16)5-19(17)10(18)7-3-2-6(12)4-8(7)13;1-2-6-9-8(4-1)5-3-7-10-9/h2-5,10,17H,1H3;1-7H. The van der Waals surface area contributed by atoms with E-state index in [0.717, 1.165) is 21.9 Å². The molecule has 2 heterocycles. The van der Waals surface area contributed by atoms with E-state index in [9.17, 15) is 17.6 Å². The maximum atomic E-state index is 13.8. The summed E-state index contributed by atoms with van der Waals surface area (Å²) in [7, 11) is -0.266. The molecule has 0 bridgehead atoms. The van der Waals surface area contributed by atoms with Gasteiger partial charge in [0.05, 0.1) is 5.52 Å². The van der Waals surface area contributed by atoms with Gasteiger partial charge in [-0.15, -0.1) is 0 Å². The monoisotopic (exact) mass is 441 g/mol. The number of nitrogens with zero attached hydrogens (tertiary/aromatic N) is 2. The first kappa shape index (κ1) is 21.3. The third-order valence-corrected chi connectivity index (χ3v) is 6.01. The lowest BCUT2D eigenvalue weighted by Gasteiger charge is -2.26. The van der Waals surface area contributed by atoms with Crippen molar-refractivity contribution in [3.05, 3.63) is 88.3 Å². The second-order valence-corrected chi connectivity index (χ2v) is 8.06. The molecule has 2 unspecified atom stereocenters. The van der Waals surface area contributed by atoms with Crippen LogP contribution in [0.4, 0.5) is 17.6 Å². The number of para-hydroxylation sites is 1. The van der Waals surface area contributed by atoms with E-state index in [-0.39, 0.29) is 10.6 Å². The lowest BCUT2D eigenvalue weighted by atomic mass is 10.2. The summed E-state index contributed by atoms with van der Waals surface area (Å²) < 4.78 is 59.7. The second kappa shape index (κ2) is 8.51. The van der Waals surface area contributed by atoms with Crippen LogP contribution in [0.3, 0.4) is 0 Å². The molecule has 0 saturated heterocycles. The highest BCUT2D eigenvalue weighted by Gasteiger charge is 2.44. The summed E-state index contributed by atoms with van der Waals surface area (Å²) in [5.74, 6) is -0.703. The Bertz CT molecular complexity index is 1020. The zero-order valence-corrected chi connectivity index (χ0v) is 16.7. The average molecular weight is 442 g/mol. The van der Waals surface area contributed by atoms with E-state index in [1.54, 1.807) is 0 Å². The summed E-state index contributed by atoms with van der Waals surface area (Å²) in [6.45, 7) is 0. The molecular weight excluding hydrogens is 426 g/mol. The van der Waals surface area contributed by atoms with Gasteiger partial charge in [0.2, 0.25) is 0 Å². The molecule has 4 rings (SSSR count). The van der Waals surface area contributed by atoms with E-state index >= 15 is 0 Å². The van der Waals surface area contributed by atoms with Crippen molar-refractivity contribution < 1.29 is 17.6 Å². The third-order valence-electron chi connectivity index (χ3n) is 4.24. The number of rotatable bonds is 1. The number of aromatic nitrogens is 1. The second-order valence-electron chi connectivity index (χ2n) is 6.20. The average Bonchev–Trinajstić information content (AvgIpc) is 2.97. The van der Waals surface area contributed by atoms with Crippen LogP contribution in [-0.4, -0.2) is 23.1 Å². The first-order chi connectivity index (χ1) is 13.7. The highest BCUT2D eigenvalue weighted by Crippen LogP contribution is 2.42. The first-order valence-electron chi connectivity index (χ1n) is 8.38. The molecule has 1 N–H and O–H groups in total. The molecule has 1 aromatic heterocycles. The molecule has 152 valence electrons. The number of fused-ring (bicyclic) bond motifs is 1. The predicted octanol–water partition coefficient (Wildman–Crippen LogP) is 6.44. The van der Waals surface area contributed by atoms with Crippen LogP contribution in [0, 0.1) is 10.6 Å². The Morgan fingerprint density at radius 1 is 1.10 bits per heavy atom. The first-order valence-corrected chi connectivity index (χ1v) is 10.1. The van der Waals surface area contributed by atoms with Gasteiger partial charge >= 0.3 is 6.18 Å². The number of allylic oxidation sites excluding steroid dienone is 1. The van der Waals surface area contributed by atoms with Crippen molar-refractivity contribution in [2.24, 2.45) is 0 Å². The van der Waals surface area contributed by atoms with Crippen LogP contribution in [0.2, 0.25) is 5.02 Å². The molecule has 0 spiro atoms. The minimum Gasteiger partial charge on any atom is -0.353 e. The Kier molecular flexibility index (Phi) is 6.24. The Balaban J connectivity index is 0.000000200. The Morgan fingerprint density at radius 2 is 1.79 bits per heavy atom. The molecule has 29 heavy (non-hydrogen) atoms. The summed E-state index contributed by atoms with van der Waals surface area (Å²) in [4.78, 5) is 5.07. The zero-order valence-electron chi connectivity index (χ0n) is 15.1. The fourth-order valence-corrected chi connectivity index (χ4v) is 4.64. The minimum absolute atomic E-state index is 0.0423. The number of hydrogen-bond acceptors (Lipinski definition) is 3. The van der Waals surface area contributed by atoms with Crippen LogP contribution >= 0.6 is 11.6 Å². The maximum Gasteiger partial charge on any atom is 0.431 e. The van der Waals surface area contributed by atoms with Crippen molar-refractivity contribution in [3.8, 4) is 0 Å². The Morgan fingerprint density at radius 3 is 2.41 bits per heavy atom. The number of halogens is 5. The van der Waals surface area contributed by atoms with Gasteiger partial charge in [-0.3, -0.25) is 9.76 Å². The van der Waals surface area contributed by atoms with Gasteiger partial charge in [0.25, 0.3) is 0 Å². The summed E-state index contributed by atoms with van der Waals surface area (Å²) >= 11 is 5.61. The van der Waals surface area contributed by atoms with Gasteiger partial charge in [-0.1, -0.05) is 52.6 Å². The Labute approximate surface area is 172 Å². The van der Waals surface area contributed by atoms with Gasteiger partial charge < -0.3 is 4.90 Å². The molecule has 0 saturated carbocycles. The molecule has 0 aliphatic carbocycles. The fourth-order valence-electron chi connectivity index (χ4n) is 2.89. The van der Waals surface area contributed by atoms with Gasteiger partial charge in [0, 0.05) is 34.6 Å². The van der Waals surface area contributed by atoms with Crippen molar-refractivity contribution in [2.75, 3.05) is 7.05 Å². The quantitative estimate of drug-likeness (QED) is 0.441. The van der Waals surface area contributed by atoms with Crippen LogP contribution in [0.15, 0.2) is 71.9 Å². The zero-order chi connectivity index (χ0) is 21.2. The van der Waals surface area contributed by atoms with Gasteiger partial charge in [-0.25, -0.2) is 4.39 Å². The highest BCUT2D eigenvalue weighted by atomic mass is 35.5. The van der Waals surface area contributed by atoms with Crippen LogP contribution in [-0.2, 0) is 10.7 Å². The van der Waals surface area contributed by atoms with Gasteiger partial charge in [0.15, 0.2) is 0 Å². The largest absolute Gasteiger partial charge is 0.431 e. The van der Waals surface area contributed by atoms with Gasteiger partial charge in [-0.05, 0) is 24.3 Å². The molecule has 9 heteroatoms. The lowest BCUT2D eigenvalue weighted by molar-refractivity contribution is -0.109. The molecule has 0 radical (unpaired) electrons. The minimum atomic E-state index is -4.54. The molecule has 1 aliphatic heterocycles. The van der Waals surface area contributed by atoms with Crippen LogP contribution in [0.25, 0.3) is 10.9 Å². The molecule has 1 aliphatic rings. The number of alkyl halides is 3. The van der Waals surface area contributed by atoms with E-state index in [1.807, 2.05) is 30.5 Å². The molecule has 0 amide bonds. The summed E-state index contributed by atoms with van der Waals surface area (Å²) in [6.07, 6.45) is -2.74. The molecule has 2 atom stereocenters. The number of nitrogens with one attached hydrogen (secondary N) is 1. The fraction of sp³-hybridized carbons (Fsp3) is 0.150. The van der Waals surface area contributed by atoms with Crippen molar-refractivity contribution >= 4 is 33.2 Å². The highest BCUT2D eigenvalue weighted by molar-refractivity contribution is 7.89. The smallest absolute Gasteiger partial charge is 0.353 e. The molecule has 2 aromatic carbocycles. The summed E-state index contributed by atoms with van der Waals surface area (Å²) in [5.41, 5.74) is 0.191.